The Morgan fingerprint density at radius 1 is 1.05 bits per heavy atom. The van der Waals surface area contributed by atoms with Crippen LogP contribution in [0, 0.1) is 17.8 Å². The molecule has 0 bridgehead atoms. The lowest BCUT2D eigenvalue weighted by Gasteiger charge is -2.41. The number of rotatable bonds is 5. The Balaban J connectivity index is 1.66. The topological polar surface area (TPSA) is 12.5 Å². The Hall–Kier alpha value is -0.500. The van der Waals surface area contributed by atoms with Gasteiger partial charge in [-0.1, -0.05) is 13.8 Å². The standard InChI is InChI=1S/C19H35NO/c1-15(2)13-21-14-17-9-11-20(12-10-17)19-7-5-18(6-8-19)16(3)4/h13,16-19H,5-12,14H2,1-4H3. The molecule has 0 N–H and O–H groups in total. The Morgan fingerprint density at radius 3 is 2.19 bits per heavy atom. The van der Waals surface area contributed by atoms with E-state index in [-0.39, 0.29) is 0 Å². The fourth-order valence-electron chi connectivity index (χ4n) is 3.97. The molecule has 1 aliphatic carbocycles. The van der Waals surface area contributed by atoms with Gasteiger partial charge in [0.05, 0.1) is 12.9 Å². The molecule has 2 fully saturated rings. The number of ether oxygens (including phenoxy) is 1. The zero-order valence-corrected chi connectivity index (χ0v) is 14.6. The Bertz CT molecular complexity index is 316. The first-order valence-electron chi connectivity index (χ1n) is 9.05. The van der Waals surface area contributed by atoms with E-state index in [0.717, 1.165) is 30.4 Å². The van der Waals surface area contributed by atoms with Crippen LogP contribution in [-0.2, 0) is 4.74 Å². The highest BCUT2D eigenvalue weighted by molar-refractivity contribution is 4.87. The molecule has 2 aliphatic rings. The van der Waals surface area contributed by atoms with Gasteiger partial charge in [0, 0.05) is 6.04 Å². The van der Waals surface area contributed by atoms with Crippen LogP contribution in [0.25, 0.3) is 0 Å². The normalized spacial score (nSPS) is 28.6. The molecule has 21 heavy (non-hydrogen) atoms. The van der Waals surface area contributed by atoms with E-state index >= 15 is 0 Å². The van der Waals surface area contributed by atoms with Gasteiger partial charge in [0.2, 0.25) is 0 Å². The predicted octanol–water partition coefficient (Wildman–Crippen LogP) is 4.85. The number of hydrogen-bond acceptors (Lipinski definition) is 2. The average molecular weight is 293 g/mol. The minimum atomic E-state index is 0.767. The van der Waals surface area contributed by atoms with E-state index in [2.05, 4.69) is 32.6 Å². The quantitative estimate of drug-likeness (QED) is 0.672. The molecule has 1 saturated carbocycles. The van der Waals surface area contributed by atoms with Crippen molar-refractivity contribution in [1.29, 1.82) is 0 Å². The van der Waals surface area contributed by atoms with Crippen molar-refractivity contribution in [3.8, 4) is 0 Å². The van der Waals surface area contributed by atoms with Gasteiger partial charge in [0.25, 0.3) is 0 Å². The molecule has 0 aromatic carbocycles. The number of hydrogen-bond donors (Lipinski definition) is 0. The molecule has 0 aromatic heterocycles. The molecule has 1 saturated heterocycles. The first kappa shape index (κ1) is 16.9. The van der Waals surface area contributed by atoms with E-state index in [1.165, 1.54) is 57.2 Å². The van der Waals surface area contributed by atoms with E-state index in [1.54, 1.807) is 0 Å². The smallest absolute Gasteiger partial charge is 0.0902 e. The maximum atomic E-state index is 5.68. The molecule has 0 aromatic rings. The first-order chi connectivity index (χ1) is 10.1. The molecule has 1 heterocycles. The maximum Gasteiger partial charge on any atom is 0.0902 e. The van der Waals surface area contributed by atoms with Gasteiger partial charge in [0.1, 0.15) is 0 Å². The minimum absolute atomic E-state index is 0.767. The fourth-order valence-corrected chi connectivity index (χ4v) is 3.97. The maximum absolute atomic E-state index is 5.68. The van der Waals surface area contributed by atoms with Gasteiger partial charge in [-0.3, -0.25) is 0 Å². The van der Waals surface area contributed by atoms with E-state index in [1.807, 2.05) is 6.26 Å². The van der Waals surface area contributed by atoms with Crippen molar-refractivity contribution in [2.45, 2.75) is 72.3 Å². The van der Waals surface area contributed by atoms with Gasteiger partial charge in [0.15, 0.2) is 0 Å². The van der Waals surface area contributed by atoms with Crippen molar-refractivity contribution in [3.05, 3.63) is 11.8 Å². The highest BCUT2D eigenvalue weighted by atomic mass is 16.5. The summed E-state index contributed by atoms with van der Waals surface area (Å²) < 4.78 is 5.68. The first-order valence-corrected chi connectivity index (χ1v) is 9.05. The average Bonchev–Trinajstić information content (AvgIpc) is 2.48. The number of allylic oxidation sites excluding steroid dienone is 1. The van der Waals surface area contributed by atoms with E-state index in [0.29, 0.717) is 0 Å². The summed E-state index contributed by atoms with van der Waals surface area (Å²) in [4.78, 5) is 2.77. The fraction of sp³-hybridized carbons (Fsp3) is 0.895. The van der Waals surface area contributed by atoms with Crippen LogP contribution in [-0.4, -0.2) is 30.6 Å². The van der Waals surface area contributed by atoms with Crippen LogP contribution in [0.5, 0.6) is 0 Å². The Kier molecular flexibility index (Phi) is 6.60. The van der Waals surface area contributed by atoms with Crippen LogP contribution in [0.3, 0.4) is 0 Å². The van der Waals surface area contributed by atoms with Crippen molar-refractivity contribution in [3.63, 3.8) is 0 Å². The highest BCUT2D eigenvalue weighted by Gasteiger charge is 2.29. The Morgan fingerprint density at radius 2 is 1.67 bits per heavy atom. The second kappa shape index (κ2) is 8.22. The van der Waals surface area contributed by atoms with Crippen molar-refractivity contribution >= 4 is 0 Å². The largest absolute Gasteiger partial charge is 0.501 e. The zero-order chi connectivity index (χ0) is 15.2. The second-order valence-electron chi connectivity index (χ2n) is 7.82. The van der Waals surface area contributed by atoms with Gasteiger partial charge < -0.3 is 9.64 Å². The molecule has 0 amide bonds. The number of piperidine rings is 1. The van der Waals surface area contributed by atoms with Crippen LogP contribution < -0.4 is 0 Å². The third kappa shape index (κ3) is 5.32. The third-order valence-electron chi connectivity index (χ3n) is 5.50. The summed E-state index contributed by atoms with van der Waals surface area (Å²) in [6, 6.07) is 0.875. The van der Waals surface area contributed by atoms with Gasteiger partial charge in [-0.2, -0.15) is 0 Å². The third-order valence-corrected chi connectivity index (χ3v) is 5.50. The monoisotopic (exact) mass is 293 g/mol. The molecular weight excluding hydrogens is 258 g/mol. The lowest BCUT2D eigenvalue weighted by atomic mass is 9.79. The molecule has 2 heteroatoms. The molecule has 0 unspecified atom stereocenters. The summed E-state index contributed by atoms with van der Waals surface area (Å²) >= 11 is 0. The van der Waals surface area contributed by atoms with Crippen molar-refractivity contribution in [2.75, 3.05) is 19.7 Å². The second-order valence-corrected chi connectivity index (χ2v) is 7.82. The molecule has 0 atom stereocenters. The van der Waals surface area contributed by atoms with Crippen molar-refractivity contribution < 1.29 is 4.74 Å². The summed E-state index contributed by atoms with van der Waals surface area (Å²) in [5, 5.41) is 0. The lowest BCUT2D eigenvalue weighted by molar-refractivity contribution is 0.0665. The van der Waals surface area contributed by atoms with Crippen LogP contribution in [0.4, 0.5) is 0 Å². The molecule has 2 rings (SSSR count). The van der Waals surface area contributed by atoms with Gasteiger partial charge in [-0.15, -0.1) is 0 Å². The molecule has 2 nitrogen and oxygen atoms in total. The van der Waals surface area contributed by atoms with Gasteiger partial charge >= 0.3 is 0 Å². The lowest BCUT2D eigenvalue weighted by Crippen LogP contribution is -2.44. The van der Waals surface area contributed by atoms with E-state index < -0.39 is 0 Å². The van der Waals surface area contributed by atoms with Crippen LogP contribution in [0.1, 0.15) is 66.2 Å². The predicted molar refractivity (Wildman–Crippen MR) is 90.3 cm³/mol. The summed E-state index contributed by atoms with van der Waals surface area (Å²) in [5.41, 5.74) is 1.26. The molecule has 1 aliphatic heterocycles. The van der Waals surface area contributed by atoms with Gasteiger partial charge in [-0.05, 0) is 88.8 Å². The van der Waals surface area contributed by atoms with Crippen LogP contribution in [0.15, 0.2) is 11.8 Å². The molecule has 122 valence electrons. The summed E-state index contributed by atoms with van der Waals surface area (Å²) in [6.07, 6.45) is 10.3. The van der Waals surface area contributed by atoms with E-state index in [4.69, 9.17) is 4.74 Å². The Labute approximate surface area is 131 Å². The van der Waals surface area contributed by atoms with Crippen molar-refractivity contribution in [2.24, 2.45) is 17.8 Å². The summed E-state index contributed by atoms with van der Waals surface area (Å²) in [6.45, 7) is 12.5. The van der Waals surface area contributed by atoms with Crippen molar-refractivity contribution in [1.82, 2.24) is 4.90 Å². The van der Waals surface area contributed by atoms with Gasteiger partial charge in [-0.25, -0.2) is 0 Å². The van der Waals surface area contributed by atoms with Crippen LogP contribution in [0.2, 0.25) is 0 Å². The minimum Gasteiger partial charge on any atom is -0.501 e. The molecular formula is C19H35NO. The molecule has 0 spiro atoms. The highest BCUT2D eigenvalue weighted by Crippen LogP contribution is 2.33. The molecule has 0 radical (unpaired) electrons. The number of likely N-dealkylation sites (tertiary alicyclic amines) is 1. The number of nitrogens with zero attached hydrogens (tertiary/aromatic N) is 1. The van der Waals surface area contributed by atoms with Crippen LogP contribution >= 0.6 is 0 Å². The summed E-state index contributed by atoms with van der Waals surface area (Å²) in [5.74, 6) is 2.63. The SMILES string of the molecule is CC(C)=COCC1CCN(C2CCC(C(C)C)CC2)CC1. The zero-order valence-electron chi connectivity index (χ0n) is 14.6. The van der Waals surface area contributed by atoms with E-state index in [9.17, 15) is 0 Å². The summed E-state index contributed by atoms with van der Waals surface area (Å²) in [7, 11) is 0.